The molecule has 1 aliphatic rings. The van der Waals surface area contributed by atoms with Gasteiger partial charge < -0.3 is 4.43 Å². The summed E-state index contributed by atoms with van der Waals surface area (Å²) in [5.41, 5.74) is 3.02. The van der Waals surface area contributed by atoms with E-state index in [1.807, 2.05) is 0 Å². The first-order valence-corrected chi connectivity index (χ1v) is 10.8. The van der Waals surface area contributed by atoms with Gasteiger partial charge in [-0.1, -0.05) is 87.0 Å². The van der Waals surface area contributed by atoms with E-state index >= 15 is 0 Å². The van der Waals surface area contributed by atoms with Crippen LogP contribution in [0.25, 0.3) is 0 Å². The summed E-state index contributed by atoms with van der Waals surface area (Å²) < 4.78 is 6.91. The third kappa shape index (κ3) is 3.26. The number of hydrogen-bond donors (Lipinski definition) is 0. The molecule has 3 rings (SSSR count). The summed E-state index contributed by atoms with van der Waals surface area (Å²) >= 11 is 0. The quantitative estimate of drug-likeness (QED) is 0.569. The van der Waals surface area contributed by atoms with Crippen molar-refractivity contribution in [1.29, 1.82) is 0 Å². The standard InChI is InChI=1S/C22H28OSi/c1-18(19-15-16-19)17-23-24(22(2,3)4,20-11-7-5-8-12-20)21-13-9-6-10-14-21/h5-14H,15-17H2,1-4H3. The zero-order chi connectivity index (χ0) is 17.2. The van der Waals surface area contributed by atoms with Crippen molar-refractivity contribution in [1.82, 2.24) is 0 Å². The molecular weight excluding hydrogens is 308 g/mol. The van der Waals surface area contributed by atoms with Gasteiger partial charge in [0.2, 0.25) is 0 Å². The molecule has 0 aromatic heterocycles. The molecule has 1 saturated carbocycles. The van der Waals surface area contributed by atoms with E-state index in [0.29, 0.717) is 0 Å². The fourth-order valence-corrected chi connectivity index (χ4v) is 8.16. The Hall–Kier alpha value is -1.64. The predicted octanol–water partition coefficient (Wildman–Crippen LogP) is 4.67. The molecule has 0 radical (unpaired) electrons. The average Bonchev–Trinajstić information content (AvgIpc) is 3.41. The van der Waals surface area contributed by atoms with Crippen molar-refractivity contribution >= 4 is 18.7 Å². The molecule has 126 valence electrons. The average molecular weight is 337 g/mol. The molecule has 2 aromatic carbocycles. The lowest BCUT2D eigenvalue weighted by molar-refractivity contribution is 0.329. The van der Waals surface area contributed by atoms with Gasteiger partial charge in [0.15, 0.2) is 0 Å². The molecule has 0 unspecified atom stereocenters. The van der Waals surface area contributed by atoms with E-state index in [2.05, 4.69) is 88.4 Å². The van der Waals surface area contributed by atoms with Gasteiger partial charge in [-0.2, -0.15) is 0 Å². The summed E-state index contributed by atoms with van der Waals surface area (Å²) in [5, 5.41) is 2.78. The Labute approximate surface area is 147 Å². The van der Waals surface area contributed by atoms with Gasteiger partial charge in [-0.3, -0.25) is 0 Å². The molecule has 0 heterocycles. The third-order valence-corrected chi connectivity index (χ3v) is 10.0. The Morgan fingerprint density at radius 1 is 0.875 bits per heavy atom. The zero-order valence-corrected chi connectivity index (χ0v) is 16.3. The van der Waals surface area contributed by atoms with E-state index in [4.69, 9.17) is 4.43 Å². The number of benzene rings is 2. The van der Waals surface area contributed by atoms with Crippen molar-refractivity contribution in [2.75, 3.05) is 6.61 Å². The van der Waals surface area contributed by atoms with Crippen LogP contribution in [0, 0.1) is 0 Å². The van der Waals surface area contributed by atoms with Crippen molar-refractivity contribution in [3.05, 3.63) is 71.8 Å². The second-order valence-electron chi connectivity index (χ2n) is 7.84. The first-order chi connectivity index (χ1) is 11.4. The highest BCUT2D eigenvalue weighted by Crippen LogP contribution is 2.38. The van der Waals surface area contributed by atoms with Gasteiger partial charge in [0.25, 0.3) is 8.32 Å². The molecule has 2 heteroatoms. The van der Waals surface area contributed by atoms with Gasteiger partial charge in [0, 0.05) is 0 Å². The van der Waals surface area contributed by atoms with Crippen LogP contribution in [0.4, 0.5) is 0 Å². The molecule has 24 heavy (non-hydrogen) atoms. The maximum absolute atomic E-state index is 6.91. The third-order valence-electron chi connectivity index (χ3n) is 5.03. The van der Waals surface area contributed by atoms with E-state index in [-0.39, 0.29) is 5.04 Å². The molecule has 0 N–H and O–H groups in total. The maximum atomic E-state index is 6.91. The van der Waals surface area contributed by atoms with Crippen LogP contribution in [-0.2, 0) is 4.43 Å². The van der Waals surface area contributed by atoms with Crippen LogP contribution in [0.2, 0.25) is 5.04 Å². The highest BCUT2D eigenvalue weighted by atomic mass is 28.4. The molecule has 1 fully saturated rings. The molecule has 0 amide bonds. The molecular formula is C22H28OSi. The van der Waals surface area contributed by atoms with Crippen LogP contribution in [0.3, 0.4) is 0 Å². The summed E-state index contributed by atoms with van der Waals surface area (Å²) in [5.74, 6) is 0. The monoisotopic (exact) mass is 336 g/mol. The molecule has 1 nitrogen and oxygen atoms in total. The van der Waals surface area contributed by atoms with E-state index in [0.717, 1.165) is 6.61 Å². The lowest BCUT2D eigenvalue weighted by Crippen LogP contribution is -2.66. The maximum Gasteiger partial charge on any atom is 0.261 e. The van der Waals surface area contributed by atoms with Gasteiger partial charge in [-0.05, 0) is 40.8 Å². The van der Waals surface area contributed by atoms with E-state index in [9.17, 15) is 0 Å². The minimum Gasteiger partial charge on any atom is -0.403 e. The Balaban J connectivity index is 2.11. The predicted molar refractivity (Wildman–Crippen MR) is 106 cm³/mol. The van der Waals surface area contributed by atoms with Crippen LogP contribution in [0.5, 0.6) is 0 Å². The van der Waals surface area contributed by atoms with E-state index in [1.54, 1.807) is 5.57 Å². The van der Waals surface area contributed by atoms with Gasteiger partial charge >= 0.3 is 0 Å². The molecule has 2 aromatic rings. The second-order valence-corrected chi connectivity index (χ2v) is 12.1. The SMILES string of the molecule is CC(CO[Si](c1ccccc1)(c1ccccc1)C(C)(C)C)=C1CC1. The summed E-state index contributed by atoms with van der Waals surface area (Å²) in [4.78, 5) is 0. The Morgan fingerprint density at radius 3 is 1.71 bits per heavy atom. The molecule has 0 atom stereocenters. The molecule has 0 spiro atoms. The molecule has 0 saturated heterocycles. The topological polar surface area (TPSA) is 9.23 Å². The molecule has 0 aliphatic heterocycles. The van der Waals surface area contributed by atoms with E-state index in [1.165, 1.54) is 28.8 Å². The van der Waals surface area contributed by atoms with Crippen LogP contribution in [-0.4, -0.2) is 14.9 Å². The summed E-state index contributed by atoms with van der Waals surface area (Å²) in [7, 11) is -2.36. The van der Waals surface area contributed by atoms with Crippen molar-refractivity contribution in [3.8, 4) is 0 Å². The molecule has 0 bridgehead atoms. The Morgan fingerprint density at radius 2 is 1.33 bits per heavy atom. The molecule has 1 aliphatic carbocycles. The Kier molecular flexibility index (Phi) is 4.80. The summed E-state index contributed by atoms with van der Waals surface area (Å²) in [6, 6.07) is 21.8. The fraction of sp³-hybridized carbons (Fsp3) is 0.364. The van der Waals surface area contributed by atoms with Gasteiger partial charge in [-0.25, -0.2) is 0 Å². The first-order valence-electron chi connectivity index (χ1n) is 8.87. The second kappa shape index (κ2) is 6.70. The summed E-state index contributed by atoms with van der Waals surface area (Å²) in [6.07, 6.45) is 2.52. The van der Waals surface area contributed by atoms with Crippen molar-refractivity contribution in [2.24, 2.45) is 0 Å². The fourth-order valence-electron chi connectivity index (χ4n) is 3.57. The van der Waals surface area contributed by atoms with Gasteiger partial charge in [0.05, 0.1) is 6.61 Å². The van der Waals surface area contributed by atoms with Gasteiger partial charge in [-0.15, -0.1) is 0 Å². The van der Waals surface area contributed by atoms with Crippen molar-refractivity contribution < 1.29 is 4.43 Å². The van der Waals surface area contributed by atoms with Crippen LogP contribution >= 0.6 is 0 Å². The Bertz CT molecular complexity index is 665. The van der Waals surface area contributed by atoms with Gasteiger partial charge in [0.1, 0.15) is 0 Å². The summed E-state index contributed by atoms with van der Waals surface area (Å²) in [6.45, 7) is 9.99. The highest BCUT2D eigenvalue weighted by molar-refractivity contribution is 6.99. The number of hydrogen-bond acceptors (Lipinski definition) is 1. The number of rotatable bonds is 5. The minimum atomic E-state index is -2.36. The highest BCUT2D eigenvalue weighted by Gasteiger charge is 2.50. The lowest BCUT2D eigenvalue weighted by Gasteiger charge is -2.43. The number of allylic oxidation sites excluding steroid dienone is 1. The minimum absolute atomic E-state index is 0.0597. The smallest absolute Gasteiger partial charge is 0.261 e. The van der Waals surface area contributed by atoms with Crippen molar-refractivity contribution in [3.63, 3.8) is 0 Å². The lowest BCUT2D eigenvalue weighted by atomic mass is 10.2. The van der Waals surface area contributed by atoms with Crippen LogP contribution < -0.4 is 10.4 Å². The first kappa shape index (κ1) is 17.2. The van der Waals surface area contributed by atoms with Crippen LogP contribution in [0.15, 0.2) is 71.8 Å². The van der Waals surface area contributed by atoms with Crippen molar-refractivity contribution in [2.45, 2.75) is 45.6 Å². The largest absolute Gasteiger partial charge is 0.403 e. The van der Waals surface area contributed by atoms with Crippen LogP contribution in [0.1, 0.15) is 40.5 Å². The normalized spacial score (nSPS) is 14.6. The zero-order valence-electron chi connectivity index (χ0n) is 15.3. The van der Waals surface area contributed by atoms with E-state index < -0.39 is 8.32 Å².